The first-order chi connectivity index (χ1) is 12.1. The number of aryl methyl sites for hydroxylation is 2. The van der Waals surface area contributed by atoms with E-state index in [1.165, 1.54) is 5.56 Å². The number of nitrogens with zero attached hydrogens (tertiary/aromatic N) is 4. The summed E-state index contributed by atoms with van der Waals surface area (Å²) in [7, 11) is 0. The Morgan fingerprint density at radius 3 is 2.64 bits per heavy atom. The van der Waals surface area contributed by atoms with Crippen molar-refractivity contribution in [1.29, 1.82) is 0 Å². The number of ketones is 1. The van der Waals surface area contributed by atoms with Gasteiger partial charge in [-0.3, -0.25) is 9.59 Å². The molecule has 8 heteroatoms. The molecule has 0 saturated carbocycles. The van der Waals surface area contributed by atoms with E-state index in [9.17, 15) is 9.59 Å². The Morgan fingerprint density at radius 2 is 1.96 bits per heavy atom. The summed E-state index contributed by atoms with van der Waals surface area (Å²) in [4.78, 5) is 23.6. The molecule has 0 aliphatic heterocycles. The molecular weight excluding hydrogens is 324 g/mol. The van der Waals surface area contributed by atoms with Crippen molar-refractivity contribution < 1.29 is 19.4 Å². The summed E-state index contributed by atoms with van der Waals surface area (Å²) < 4.78 is 5.47. The summed E-state index contributed by atoms with van der Waals surface area (Å²) in [6.45, 7) is 2.01. The van der Waals surface area contributed by atoms with Crippen molar-refractivity contribution >= 4 is 11.8 Å². The molecular formula is C17H22N4O4. The number of ether oxygens (including phenoxy) is 1. The highest BCUT2D eigenvalue weighted by Gasteiger charge is 2.10. The average molecular weight is 346 g/mol. The van der Waals surface area contributed by atoms with Crippen LogP contribution in [0.2, 0.25) is 0 Å². The molecule has 0 amide bonds. The molecule has 25 heavy (non-hydrogen) atoms. The average Bonchev–Trinajstić information content (AvgIpc) is 3.04. The molecule has 2 aromatic rings. The Labute approximate surface area is 145 Å². The first-order valence-electron chi connectivity index (χ1n) is 8.28. The van der Waals surface area contributed by atoms with E-state index in [4.69, 9.17) is 9.84 Å². The molecule has 0 saturated heterocycles. The van der Waals surface area contributed by atoms with Gasteiger partial charge >= 0.3 is 5.97 Å². The number of carbonyl (C=O) groups excluding carboxylic acids is 1. The monoisotopic (exact) mass is 346 g/mol. The number of rotatable bonds is 11. The minimum atomic E-state index is -0.929. The fourth-order valence-electron chi connectivity index (χ4n) is 2.16. The molecule has 0 radical (unpaired) electrons. The second-order valence-corrected chi connectivity index (χ2v) is 5.70. The molecule has 0 unspecified atom stereocenters. The summed E-state index contributed by atoms with van der Waals surface area (Å²) in [6.07, 6.45) is 3.46. The van der Waals surface area contributed by atoms with Crippen LogP contribution in [-0.2, 0) is 29.0 Å². The molecule has 1 aromatic heterocycles. The molecule has 1 aromatic carbocycles. The zero-order valence-corrected chi connectivity index (χ0v) is 14.2. The van der Waals surface area contributed by atoms with Crippen LogP contribution in [0.4, 0.5) is 0 Å². The Kier molecular flexibility index (Phi) is 7.06. The normalized spacial score (nSPS) is 10.6. The topological polar surface area (TPSA) is 107 Å². The lowest BCUT2D eigenvalue weighted by molar-refractivity contribution is -0.137. The van der Waals surface area contributed by atoms with Gasteiger partial charge in [0.15, 0.2) is 11.6 Å². The van der Waals surface area contributed by atoms with Gasteiger partial charge in [0.05, 0.1) is 6.42 Å². The molecule has 0 aliphatic rings. The number of benzene rings is 1. The van der Waals surface area contributed by atoms with E-state index in [1.807, 2.05) is 24.3 Å². The molecule has 1 N–H and O–H groups in total. The first-order valence-corrected chi connectivity index (χ1v) is 8.28. The van der Waals surface area contributed by atoms with Gasteiger partial charge in [-0.05, 0) is 35.8 Å². The van der Waals surface area contributed by atoms with Gasteiger partial charge in [0.1, 0.15) is 18.9 Å². The van der Waals surface area contributed by atoms with Crippen molar-refractivity contribution in [2.24, 2.45) is 0 Å². The van der Waals surface area contributed by atoms with Gasteiger partial charge in [0.2, 0.25) is 0 Å². The molecule has 0 aliphatic carbocycles. The minimum absolute atomic E-state index is 0.0609. The number of unbranched alkanes of at least 4 members (excludes halogenated alkanes) is 1. The van der Waals surface area contributed by atoms with Crippen LogP contribution >= 0.6 is 0 Å². The Morgan fingerprint density at radius 1 is 1.20 bits per heavy atom. The van der Waals surface area contributed by atoms with Gasteiger partial charge in [0.25, 0.3) is 0 Å². The number of carboxylic acid groups (broad SMARTS) is 1. The van der Waals surface area contributed by atoms with Crippen LogP contribution < -0.4 is 4.74 Å². The summed E-state index contributed by atoms with van der Waals surface area (Å²) in [6, 6.07) is 7.72. The highest BCUT2D eigenvalue weighted by atomic mass is 16.5. The van der Waals surface area contributed by atoms with Crippen LogP contribution in [0, 0.1) is 0 Å². The zero-order chi connectivity index (χ0) is 18.1. The van der Waals surface area contributed by atoms with Crippen molar-refractivity contribution in [2.45, 2.75) is 45.6 Å². The number of hydrogen-bond acceptors (Lipinski definition) is 6. The van der Waals surface area contributed by atoms with E-state index in [1.54, 1.807) is 0 Å². The summed E-state index contributed by atoms with van der Waals surface area (Å²) in [5.74, 6) is -0.181. The molecule has 8 nitrogen and oxygen atoms in total. The maximum absolute atomic E-state index is 11.9. The first kappa shape index (κ1) is 18.6. The lowest BCUT2D eigenvalue weighted by atomic mass is 10.1. The highest BCUT2D eigenvalue weighted by molar-refractivity contribution is 5.79. The third-order valence-corrected chi connectivity index (χ3v) is 3.52. The van der Waals surface area contributed by atoms with E-state index in [2.05, 4.69) is 22.3 Å². The molecule has 0 spiro atoms. The van der Waals surface area contributed by atoms with Gasteiger partial charge in [0, 0.05) is 6.42 Å². The van der Waals surface area contributed by atoms with E-state index in [0.29, 0.717) is 11.6 Å². The Hall–Kier alpha value is -2.77. The van der Waals surface area contributed by atoms with Crippen LogP contribution in [-0.4, -0.2) is 43.7 Å². The number of tetrazole rings is 1. The number of aliphatic carboxylic acids is 1. The van der Waals surface area contributed by atoms with Gasteiger partial charge < -0.3 is 9.84 Å². The lowest BCUT2D eigenvalue weighted by Crippen LogP contribution is -2.19. The zero-order valence-electron chi connectivity index (χ0n) is 14.2. The minimum Gasteiger partial charge on any atom is -0.486 e. The molecule has 1 heterocycles. The smallest absolute Gasteiger partial charge is 0.303 e. The maximum atomic E-state index is 11.9. The Balaban J connectivity index is 1.75. The van der Waals surface area contributed by atoms with Crippen LogP contribution in [0.5, 0.6) is 5.75 Å². The number of Topliss-reactive ketones (excluding diaryl/α,β-unsaturated/α-hetero) is 1. The molecule has 0 bridgehead atoms. The van der Waals surface area contributed by atoms with Crippen molar-refractivity contribution in [3.63, 3.8) is 0 Å². The van der Waals surface area contributed by atoms with E-state index in [-0.39, 0.29) is 31.8 Å². The number of carbonyl (C=O) groups is 2. The van der Waals surface area contributed by atoms with Crippen LogP contribution in [0.15, 0.2) is 24.3 Å². The van der Waals surface area contributed by atoms with Crippen LogP contribution in [0.1, 0.15) is 37.6 Å². The summed E-state index contributed by atoms with van der Waals surface area (Å²) in [5, 5.41) is 20.0. The summed E-state index contributed by atoms with van der Waals surface area (Å²) in [5.41, 5.74) is 1.25. The van der Waals surface area contributed by atoms with E-state index >= 15 is 0 Å². The quantitative estimate of drug-likeness (QED) is 0.659. The predicted molar refractivity (Wildman–Crippen MR) is 89.3 cm³/mol. The molecule has 2 rings (SSSR count). The van der Waals surface area contributed by atoms with E-state index < -0.39 is 5.97 Å². The third-order valence-electron chi connectivity index (χ3n) is 3.52. The third kappa shape index (κ3) is 6.70. The fraction of sp³-hybridized carbons (Fsp3) is 0.471. The number of carboxylic acids is 1. The Bertz CT molecular complexity index is 697. The molecule has 134 valence electrons. The predicted octanol–water partition coefficient (Wildman–Crippen LogP) is 1.68. The maximum Gasteiger partial charge on any atom is 0.303 e. The van der Waals surface area contributed by atoms with Gasteiger partial charge in [-0.2, -0.15) is 4.80 Å². The molecule has 0 fully saturated rings. The van der Waals surface area contributed by atoms with E-state index in [0.717, 1.165) is 24.1 Å². The van der Waals surface area contributed by atoms with Gasteiger partial charge in [-0.25, -0.2) is 0 Å². The molecule has 0 atom stereocenters. The van der Waals surface area contributed by atoms with Crippen molar-refractivity contribution in [1.82, 2.24) is 20.2 Å². The largest absolute Gasteiger partial charge is 0.486 e. The van der Waals surface area contributed by atoms with Crippen LogP contribution in [0.25, 0.3) is 0 Å². The van der Waals surface area contributed by atoms with Crippen molar-refractivity contribution in [3.05, 3.63) is 35.7 Å². The van der Waals surface area contributed by atoms with Gasteiger partial charge in [-0.1, -0.05) is 25.5 Å². The standard InChI is InChI=1S/C17H22N4O4/c1-2-3-4-13-5-7-15(8-6-13)25-12-14(22)11-21-19-16(18-20-21)9-10-17(23)24/h5-8H,2-4,9-12H2,1H3,(H,23,24). The second-order valence-electron chi connectivity index (χ2n) is 5.70. The highest BCUT2D eigenvalue weighted by Crippen LogP contribution is 2.13. The van der Waals surface area contributed by atoms with Crippen molar-refractivity contribution in [2.75, 3.05) is 6.61 Å². The van der Waals surface area contributed by atoms with Gasteiger partial charge in [-0.15, -0.1) is 10.2 Å². The van der Waals surface area contributed by atoms with Crippen LogP contribution in [0.3, 0.4) is 0 Å². The second kappa shape index (κ2) is 9.51. The number of aromatic nitrogens is 4. The lowest BCUT2D eigenvalue weighted by Gasteiger charge is -2.06. The SMILES string of the molecule is CCCCc1ccc(OCC(=O)Cn2nnc(CCC(=O)O)n2)cc1. The fourth-order valence-corrected chi connectivity index (χ4v) is 2.16. The van der Waals surface area contributed by atoms with Crippen molar-refractivity contribution in [3.8, 4) is 5.75 Å². The summed E-state index contributed by atoms with van der Waals surface area (Å²) >= 11 is 0. The number of hydrogen-bond donors (Lipinski definition) is 1.